The highest BCUT2D eigenvalue weighted by Crippen LogP contribution is 2.27. The van der Waals surface area contributed by atoms with Crippen LogP contribution < -0.4 is 10.6 Å². The predicted molar refractivity (Wildman–Crippen MR) is 67.7 cm³/mol. The highest BCUT2D eigenvalue weighted by Gasteiger charge is 2.29. The average Bonchev–Trinajstić information content (AvgIpc) is 2.70. The van der Waals surface area contributed by atoms with E-state index >= 15 is 0 Å². The smallest absolute Gasteiger partial charge is 0.129 e. The van der Waals surface area contributed by atoms with Gasteiger partial charge in [0.25, 0.3) is 0 Å². The maximum Gasteiger partial charge on any atom is 0.129 e. The van der Waals surface area contributed by atoms with Crippen molar-refractivity contribution >= 4 is 5.82 Å². The van der Waals surface area contributed by atoms with Gasteiger partial charge in [0.2, 0.25) is 0 Å². The fourth-order valence-electron chi connectivity index (χ4n) is 2.46. The lowest BCUT2D eigenvalue weighted by molar-refractivity contribution is 0.579. The number of anilines is 1. The van der Waals surface area contributed by atoms with Crippen molar-refractivity contribution in [3.63, 3.8) is 0 Å². The number of nitriles is 1. The van der Waals surface area contributed by atoms with Crippen LogP contribution in [0.15, 0.2) is 12.1 Å². The van der Waals surface area contributed by atoms with E-state index in [0.29, 0.717) is 17.5 Å². The van der Waals surface area contributed by atoms with Gasteiger partial charge in [-0.1, -0.05) is 0 Å². The fraction of sp³-hybridized carbons (Fsp3) is 0.538. The second kappa shape index (κ2) is 4.72. The minimum absolute atomic E-state index is 0.475. The Morgan fingerprint density at radius 2 is 2.35 bits per heavy atom. The van der Waals surface area contributed by atoms with Crippen LogP contribution in [0.2, 0.25) is 0 Å². The summed E-state index contributed by atoms with van der Waals surface area (Å²) in [5.41, 5.74) is 7.17. The molecule has 2 unspecified atom stereocenters. The van der Waals surface area contributed by atoms with Gasteiger partial charge in [-0.05, 0) is 44.9 Å². The lowest BCUT2D eigenvalue weighted by atomic mass is 10.1. The first-order chi connectivity index (χ1) is 8.15. The van der Waals surface area contributed by atoms with Gasteiger partial charge in [-0.25, -0.2) is 4.98 Å². The summed E-state index contributed by atoms with van der Waals surface area (Å²) in [4.78, 5) is 6.79. The normalized spacial score (nSPS) is 23.8. The summed E-state index contributed by atoms with van der Waals surface area (Å²) in [5, 5.41) is 8.89. The van der Waals surface area contributed by atoms with Gasteiger partial charge in [-0.3, -0.25) is 0 Å². The molecule has 0 bridgehead atoms. The van der Waals surface area contributed by atoms with Crippen LogP contribution in [0.1, 0.15) is 24.6 Å². The van der Waals surface area contributed by atoms with Crippen LogP contribution in [0, 0.1) is 24.2 Å². The van der Waals surface area contributed by atoms with Gasteiger partial charge in [0.1, 0.15) is 11.9 Å². The third kappa shape index (κ3) is 2.25. The highest BCUT2D eigenvalue weighted by atomic mass is 15.2. The molecule has 2 N–H and O–H groups in total. The number of nitrogens with two attached hydrogens (primary N) is 1. The number of pyridine rings is 1. The molecule has 4 heteroatoms. The number of aromatic nitrogens is 1. The molecule has 1 aromatic heterocycles. The van der Waals surface area contributed by atoms with E-state index in [1.807, 2.05) is 19.1 Å². The van der Waals surface area contributed by atoms with Crippen molar-refractivity contribution in [1.82, 2.24) is 4.98 Å². The maximum atomic E-state index is 8.89. The quantitative estimate of drug-likeness (QED) is 0.834. The van der Waals surface area contributed by atoms with Gasteiger partial charge >= 0.3 is 0 Å². The van der Waals surface area contributed by atoms with E-state index in [1.54, 1.807) is 0 Å². The topological polar surface area (TPSA) is 65.9 Å². The molecular formula is C13H18N4. The lowest BCUT2D eigenvalue weighted by Crippen LogP contribution is -2.28. The van der Waals surface area contributed by atoms with Gasteiger partial charge in [-0.15, -0.1) is 0 Å². The van der Waals surface area contributed by atoms with Gasteiger partial charge in [-0.2, -0.15) is 5.26 Å². The van der Waals surface area contributed by atoms with Crippen molar-refractivity contribution in [3.05, 3.63) is 23.4 Å². The lowest BCUT2D eigenvalue weighted by Gasteiger charge is -2.23. The molecule has 1 fully saturated rings. The van der Waals surface area contributed by atoms with E-state index < -0.39 is 0 Å². The first-order valence-corrected chi connectivity index (χ1v) is 6.00. The molecule has 0 saturated carbocycles. The molecule has 1 aliphatic heterocycles. The molecule has 1 saturated heterocycles. The first kappa shape index (κ1) is 11.9. The van der Waals surface area contributed by atoms with Crippen LogP contribution >= 0.6 is 0 Å². The zero-order chi connectivity index (χ0) is 12.4. The Labute approximate surface area is 102 Å². The number of hydrogen-bond acceptors (Lipinski definition) is 4. The Bertz CT molecular complexity index is 449. The van der Waals surface area contributed by atoms with Crippen LogP contribution in [0.25, 0.3) is 0 Å². The molecule has 1 aliphatic rings. The number of hydrogen-bond donors (Lipinski definition) is 1. The molecular weight excluding hydrogens is 212 g/mol. The standard InChI is InChI=1S/C13H18N4/c1-9-5-11(6-14)8-17(9)13-4-3-12(7-15)10(2)16-13/h3-4,9,11H,5-6,8,14H2,1-2H3. The maximum absolute atomic E-state index is 8.89. The van der Waals surface area contributed by atoms with Crippen molar-refractivity contribution in [3.8, 4) is 6.07 Å². The molecule has 0 spiro atoms. The monoisotopic (exact) mass is 230 g/mol. The second-order valence-electron chi connectivity index (χ2n) is 4.75. The van der Waals surface area contributed by atoms with Crippen molar-refractivity contribution in [1.29, 1.82) is 5.26 Å². The molecule has 0 aliphatic carbocycles. The Morgan fingerprint density at radius 1 is 1.59 bits per heavy atom. The van der Waals surface area contributed by atoms with Gasteiger partial charge < -0.3 is 10.6 Å². The number of aryl methyl sites for hydroxylation is 1. The van der Waals surface area contributed by atoms with E-state index in [0.717, 1.165) is 31.0 Å². The van der Waals surface area contributed by atoms with Crippen LogP contribution in [0.3, 0.4) is 0 Å². The van der Waals surface area contributed by atoms with Crippen LogP contribution in [-0.4, -0.2) is 24.1 Å². The predicted octanol–water partition coefficient (Wildman–Crippen LogP) is 1.44. The van der Waals surface area contributed by atoms with E-state index in [1.165, 1.54) is 0 Å². The van der Waals surface area contributed by atoms with E-state index in [-0.39, 0.29) is 0 Å². The van der Waals surface area contributed by atoms with E-state index in [9.17, 15) is 0 Å². The molecule has 2 atom stereocenters. The average molecular weight is 230 g/mol. The summed E-state index contributed by atoms with van der Waals surface area (Å²) >= 11 is 0. The zero-order valence-corrected chi connectivity index (χ0v) is 10.3. The van der Waals surface area contributed by atoms with Gasteiger partial charge in [0.15, 0.2) is 0 Å². The number of rotatable bonds is 2. The van der Waals surface area contributed by atoms with Crippen molar-refractivity contribution in [2.75, 3.05) is 18.0 Å². The van der Waals surface area contributed by atoms with Crippen LogP contribution in [0.4, 0.5) is 5.82 Å². The second-order valence-corrected chi connectivity index (χ2v) is 4.75. The van der Waals surface area contributed by atoms with E-state index in [2.05, 4.69) is 22.9 Å². The highest BCUT2D eigenvalue weighted by molar-refractivity contribution is 5.46. The molecule has 4 nitrogen and oxygen atoms in total. The zero-order valence-electron chi connectivity index (χ0n) is 10.3. The molecule has 0 radical (unpaired) electrons. The Morgan fingerprint density at radius 3 is 2.88 bits per heavy atom. The summed E-state index contributed by atoms with van der Waals surface area (Å²) in [6.45, 7) is 5.78. The molecule has 0 amide bonds. The SMILES string of the molecule is Cc1nc(N2CC(CN)CC2C)ccc1C#N. The van der Waals surface area contributed by atoms with Crippen molar-refractivity contribution < 1.29 is 0 Å². The Kier molecular flexibility index (Phi) is 3.30. The Balaban J connectivity index is 2.24. The summed E-state index contributed by atoms with van der Waals surface area (Å²) < 4.78 is 0. The first-order valence-electron chi connectivity index (χ1n) is 6.00. The summed E-state index contributed by atoms with van der Waals surface area (Å²) in [7, 11) is 0. The minimum Gasteiger partial charge on any atom is -0.354 e. The third-order valence-corrected chi connectivity index (χ3v) is 3.48. The molecule has 0 aromatic carbocycles. The molecule has 2 heterocycles. The molecule has 17 heavy (non-hydrogen) atoms. The van der Waals surface area contributed by atoms with Crippen LogP contribution in [-0.2, 0) is 0 Å². The number of nitrogens with zero attached hydrogens (tertiary/aromatic N) is 3. The van der Waals surface area contributed by atoms with Crippen molar-refractivity contribution in [2.45, 2.75) is 26.3 Å². The third-order valence-electron chi connectivity index (χ3n) is 3.48. The summed E-state index contributed by atoms with van der Waals surface area (Å²) in [5.74, 6) is 1.52. The van der Waals surface area contributed by atoms with Crippen molar-refractivity contribution in [2.24, 2.45) is 11.7 Å². The van der Waals surface area contributed by atoms with Crippen LogP contribution in [0.5, 0.6) is 0 Å². The molecule has 2 rings (SSSR count). The minimum atomic E-state index is 0.475. The summed E-state index contributed by atoms with van der Waals surface area (Å²) in [6, 6.07) is 6.40. The van der Waals surface area contributed by atoms with E-state index in [4.69, 9.17) is 11.0 Å². The molecule has 90 valence electrons. The van der Waals surface area contributed by atoms with Gasteiger partial charge in [0, 0.05) is 12.6 Å². The summed E-state index contributed by atoms with van der Waals surface area (Å²) in [6.07, 6.45) is 1.12. The molecule has 1 aromatic rings. The fourth-order valence-corrected chi connectivity index (χ4v) is 2.46. The largest absolute Gasteiger partial charge is 0.354 e. The Hall–Kier alpha value is -1.60. The van der Waals surface area contributed by atoms with Gasteiger partial charge in [0.05, 0.1) is 11.3 Å².